The van der Waals surface area contributed by atoms with E-state index in [0.717, 1.165) is 0 Å². The first-order valence-corrected chi connectivity index (χ1v) is 6.22. The third-order valence-corrected chi connectivity index (χ3v) is 3.00. The summed E-state index contributed by atoms with van der Waals surface area (Å²) in [7, 11) is 0. The predicted molar refractivity (Wildman–Crippen MR) is 77.6 cm³/mol. The molecule has 2 rings (SSSR count). The van der Waals surface area contributed by atoms with Gasteiger partial charge >= 0.3 is 6.03 Å². The molecule has 0 aliphatic heterocycles. The van der Waals surface area contributed by atoms with Gasteiger partial charge in [-0.05, 0) is 58.4 Å². The van der Waals surface area contributed by atoms with Crippen molar-refractivity contribution in [3.8, 4) is 0 Å². The molecule has 0 spiro atoms. The molecule has 0 heterocycles. The normalized spacial score (nSPS) is 10.0. The molecule has 0 saturated carbocycles. The average Bonchev–Trinajstić information content (AvgIpc) is 2.36. The van der Waals surface area contributed by atoms with Gasteiger partial charge in [-0.1, -0.05) is 0 Å². The largest absolute Gasteiger partial charge is 0.399 e. The summed E-state index contributed by atoms with van der Waals surface area (Å²) < 4.78 is 13.4. The Bertz CT molecular complexity index is 601. The lowest BCUT2D eigenvalue weighted by Crippen LogP contribution is -2.19. The number of hydrogen-bond donors (Lipinski definition) is 3. The standard InChI is InChI=1S/C13H11BrFN3O/c14-11-7-9(16)3-6-12(11)18-13(19)17-10-4-1-8(15)2-5-10/h1-7H,16H2,(H2,17,18,19). The molecule has 0 aromatic heterocycles. The van der Waals surface area contributed by atoms with E-state index in [1.807, 2.05) is 0 Å². The molecule has 4 nitrogen and oxygen atoms in total. The van der Waals surface area contributed by atoms with E-state index in [1.165, 1.54) is 24.3 Å². The molecule has 0 atom stereocenters. The molecular weight excluding hydrogens is 313 g/mol. The summed E-state index contributed by atoms with van der Waals surface area (Å²) in [6.45, 7) is 0. The van der Waals surface area contributed by atoms with Crippen LogP contribution in [0.5, 0.6) is 0 Å². The number of halogens is 2. The zero-order valence-electron chi connectivity index (χ0n) is 9.78. The maximum atomic E-state index is 12.7. The summed E-state index contributed by atoms with van der Waals surface area (Å²) in [6.07, 6.45) is 0. The Morgan fingerprint density at radius 2 is 1.79 bits per heavy atom. The molecule has 6 heteroatoms. The number of amides is 2. The number of anilines is 3. The number of benzene rings is 2. The summed E-state index contributed by atoms with van der Waals surface area (Å²) in [4.78, 5) is 11.7. The molecule has 2 aromatic carbocycles. The lowest BCUT2D eigenvalue weighted by Gasteiger charge is -2.09. The molecule has 2 aromatic rings. The third kappa shape index (κ3) is 3.69. The minimum absolute atomic E-state index is 0.354. The maximum Gasteiger partial charge on any atom is 0.323 e. The molecule has 19 heavy (non-hydrogen) atoms. The summed E-state index contributed by atoms with van der Waals surface area (Å²) in [5.41, 5.74) is 7.29. The van der Waals surface area contributed by atoms with E-state index in [-0.39, 0.29) is 5.82 Å². The van der Waals surface area contributed by atoms with E-state index in [2.05, 4.69) is 26.6 Å². The zero-order chi connectivity index (χ0) is 13.8. The van der Waals surface area contributed by atoms with E-state index < -0.39 is 6.03 Å². The van der Waals surface area contributed by atoms with E-state index in [4.69, 9.17) is 5.73 Å². The Hall–Kier alpha value is -2.08. The molecular formula is C13H11BrFN3O. The number of rotatable bonds is 2. The molecule has 0 unspecified atom stereocenters. The van der Waals surface area contributed by atoms with Crippen molar-refractivity contribution in [1.29, 1.82) is 0 Å². The highest BCUT2D eigenvalue weighted by molar-refractivity contribution is 9.10. The first-order chi connectivity index (χ1) is 9.04. The van der Waals surface area contributed by atoms with Crippen LogP contribution in [-0.2, 0) is 0 Å². The van der Waals surface area contributed by atoms with Crippen molar-refractivity contribution in [1.82, 2.24) is 0 Å². The molecule has 0 bridgehead atoms. The number of urea groups is 1. The van der Waals surface area contributed by atoms with Crippen LogP contribution in [0.15, 0.2) is 46.9 Å². The second-order valence-corrected chi connectivity index (χ2v) is 4.68. The highest BCUT2D eigenvalue weighted by atomic mass is 79.9. The summed E-state index contributed by atoms with van der Waals surface area (Å²) >= 11 is 3.30. The van der Waals surface area contributed by atoms with Gasteiger partial charge in [0, 0.05) is 15.8 Å². The van der Waals surface area contributed by atoms with Crippen LogP contribution in [0.25, 0.3) is 0 Å². The minimum atomic E-state index is -0.419. The van der Waals surface area contributed by atoms with Crippen LogP contribution in [-0.4, -0.2) is 6.03 Å². The fourth-order valence-electron chi connectivity index (χ4n) is 1.45. The quantitative estimate of drug-likeness (QED) is 0.735. The topological polar surface area (TPSA) is 67.1 Å². The van der Waals surface area contributed by atoms with Crippen molar-refractivity contribution in [3.05, 3.63) is 52.8 Å². The molecule has 0 saturated heterocycles. The Balaban J connectivity index is 2.03. The third-order valence-electron chi connectivity index (χ3n) is 2.34. The Kier molecular flexibility index (Phi) is 4.01. The Morgan fingerprint density at radius 3 is 2.42 bits per heavy atom. The monoisotopic (exact) mass is 323 g/mol. The van der Waals surface area contributed by atoms with Crippen LogP contribution >= 0.6 is 15.9 Å². The van der Waals surface area contributed by atoms with Crippen molar-refractivity contribution in [2.24, 2.45) is 0 Å². The summed E-state index contributed by atoms with van der Waals surface area (Å²) in [5, 5.41) is 5.24. The molecule has 0 aliphatic rings. The van der Waals surface area contributed by atoms with Gasteiger partial charge in [-0.2, -0.15) is 0 Å². The van der Waals surface area contributed by atoms with Gasteiger partial charge in [-0.25, -0.2) is 9.18 Å². The van der Waals surface area contributed by atoms with Gasteiger partial charge in [0.25, 0.3) is 0 Å². The first kappa shape index (κ1) is 13.4. The van der Waals surface area contributed by atoms with Gasteiger partial charge in [-0.15, -0.1) is 0 Å². The SMILES string of the molecule is Nc1ccc(NC(=O)Nc2ccc(F)cc2)c(Br)c1. The number of carbonyl (C=O) groups is 1. The van der Waals surface area contributed by atoms with E-state index in [9.17, 15) is 9.18 Å². The van der Waals surface area contributed by atoms with Gasteiger partial charge in [0.2, 0.25) is 0 Å². The number of nitrogens with one attached hydrogen (secondary N) is 2. The summed E-state index contributed by atoms with van der Waals surface area (Å²) in [5.74, 6) is -0.354. The fourth-order valence-corrected chi connectivity index (χ4v) is 1.95. The van der Waals surface area contributed by atoms with E-state index in [0.29, 0.717) is 21.5 Å². The van der Waals surface area contributed by atoms with Crippen molar-refractivity contribution >= 4 is 39.0 Å². The van der Waals surface area contributed by atoms with Crippen LogP contribution in [0.4, 0.5) is 26.2 Å². The Morgan fingerprint density at radius 1 is 1.11 bits per heavy atom. The molecule has 2 amide bonds. The fraction of sp³-hybridized carbons (Fsp3) is 0. The highest BCUT2D eigenvalue weighted by Crippen LogP contribution is 2.24. The Labute approximate surface area is 117 Å². The molecule has 0 aliphatic carbocycles. The summed E-state index contributed by atoms with van der Waals surface area (Å²) in [6, 6.07) is 10.1. The lowest BCUT2D eigenvalue weighted by molar-refractivity contribution is 0.262. The van der Waals surface area contributed by atoms with Crippen molar-refractivity contribution in [2.45, 2.75) is 0 Å². The molecule has 98 valence electrons. The second kappa shape index (κ2) is 5.71. The molecule has 0 radical (unpaired) electrons. The van der Waals surface area contributed by atoms with Crippen LogP contribution in [0.2, 0.25) is 0 Å². The van der Waals surface area contributed by atoms with E-state index in [1.54, 1.807) is 18.2 Å². The van der Waals surface area contributed by atoms with Crippen LogP contribution in [0.3, 0.4) is 0 Å². The lowest BCUT2D eigenvalue weighted by atomic mass is 10.3. The van der Waals surface area contributed by atoms with Gasteiger partial charge in [-0.3, -0.25) is 0 Å². The first-order valence-electron chi connectivity index (χ1n) is 5.43. The highest BCUT2D eigenvalue weighted by Gasteiger charge is 2.06. The van der Waals surface area contributed by atoms with Crippen LogP contribution < -0.4 is 16.4 Å². The van der Waals surface area contributed by atoms with Crippen LogP contribution in [0, 0.1) is 5.82 Å². The maximum absolute atomic E-state index is 12.7. The van der Waals surface area contributed by atoms with E-state index >= 15 is 0 Å². The molecule has 0 fully saturated rings. The zero-order valence-corrected chi connectivity index (χ0v) is 11.4. The van der Waals surface area contributed by atoms with Crippen molar-refractivity contribution in [3.63, 3.8) is 0 Å². The van der Waals surface area contributed by atoms with Crippen LogP contribution in [0.1, 0.15) is 0 Å². The van der Waals surface area contributed by atoms with Crippen molar-refractivity contribution < 1.29 is 9.18 Å². The number of nitrogen functional groups attached to an aromatic ring is 1. The smallest absolute Gasteiger partial charge is 0.323 e. The van der Waals surface area contributed by atoms with Crippen molar-refractivity contribution in [2.75, 3.05) is 16.4 Å². The van der Waals surface area contributed by atoms with Gasteiger partial charge in [0.05, 0.1) is 5.69 Å². The van der Waals surface area contributed by atoms with Gasteiger partial charge < -0.3 is 16.4 Å². The second-order valence-electron chi connectivity index (χ2n) is 3.83. The predicted octanol–water partition coefficient (Wildman–Crippen LogP) is 3.81. The average molecular weight is 324 g/mol. The molecule has 4 N–H and O–H groups in total. The van der Waals surface area contributed by atoms with Gasteiger partial charge in [0.1, 0.15) is 5.82 Å². The van der Waals surface area contributed by atoms with Gasteiger partial charge in [0.15, 0.2) is 0 Å². The number of hydrogen-bond acceptors (Lipinski definition) is 2. The minimum Gasteiger partial charge on any atom is -0.399 e. The number of nitrogens with two attached hydrogens (primary N) is 1. The number of carbonyl (C=O) groups excluding carboxylic acids is 1.